The summed E-state index contributed by atoms with van der Waals surface area (Å²) in [5.74, 6) is -0.213. The van der Waals surface area contributed by atoms with Gasteiger partial charge in [-0.3, -0.25) is 0 Å². The van der Waals surface area contributed by atoms with Gasteiger partial charge in [-0.1, -0.05) is 0 Å². The van der Waals surface area contributed by atoms with E-state index >= 15 is 0 Å². The van der Waals surface area contributed by atoms with Gasteiger partial charge in [0.2, 0.25) is 0 Å². The summed E-state index contributed by atoms with van der Waals surface area (Å²) in [6.07, 6.45) is 1.55. The first kappa shape index (κ1) is 6.57. The molecule has 0 saturated carbocycles. The third-order valence-corrected chi connectivity index (χ3v) is 1.31. The molecular weight excluding hydrogens is 119 g/mol. The van der Waals surface area contributed by atoms with Gasteiger partial charge in [-0.25, -0.2) is 0 Å². The number of hydrazone groups is 1. The second kappa shape index (κ2) is 2.37. The Balaban J connectivity index is 2.41. The third-order valence-electron chi connectivity index (χ3n) is 1.31. The van der Waals surface area contributed by atoms with Crippen LogP contribution < -0.4 is 0 Å². The molecular formula is C4H9BN2O2. The van der Waals surface area contributed by atoms with Crippen molar-refractivity contribution in [1.29, 1.82) is 0 Å². The van der Waals surface area contributed by atoms with E-state index in [1.54, 1.807) is 18.3 Å². The maximum Gasteiger partial charge on any atom is 0.462 e. The van der Waals surface area contributed by atoms with E-state index in [1.165, 1.54) is 0 Å². The highest BCUT2D eigenvalue weighted by atomic mass is 16.4. The Kier molecular flexibility index (Phi) is 1.73. The second-order valence-corrected chi connectivity index (χ2v) is 2.18. The summed E-state index contributed by atoms with van der Waals surface area (Å²) in [4.78, 5) is 0. The topological polar surface area (TPSA) is 56.1 Å². The molecule has 2 N–H and O–H groups in total. The maximum absolute atomic E-state index is 8.61. The number of rotatable bonds is 1. The van der Waals surface area contributed by atoms with Crippen molar-refractivity contribution >= 4 is 13.3 Å². The molecule has 1 unspecified atom stereocenters. The fourth-order valence-corrected chi connectivity index (χ4v) is 0.770. The molecule has 1 heterocycles. The Labute approximate surface area is 53.9 Å². The van der Waals surface area contributed by atoms with Gasteiger partial charge in [-0.05, 0) is 0 Å². The molecule has 1 aliphatic rings. The van der Waals surface area contributed by atoms with Gasteiger partial charge in [0.15, 0.2) is 0 Å². The average Bonchev–Trinajstić information content (AvgIpc) is 2.14. The van der Waals surface area contributed by atoms with Crippen molar-refractivity contribution in [1.82, 2.24) is 5.01 Å². The molecule has 0 aromatic heterocycles. The van der Waals surface area contributed by atoms with Crippen molar-refractivity contribution < 1.29 is 10.0 Å². The van der Waals surface area contributed by atoms with Crippen LogP contribution in [0.4, 0.5) is 0 Å². The fraction of sp³-hybridized carbons (Fsp3) is 0.750. The molecule has 0 saturated heterocycles. The summed E-state index contributed by atoms with van der Waals surface area (Å²) in [5, 5.41) is 22.7. The third kappa shape index (κ3) is 1.43. The van der Waals surface area contributed by atoms with Crippen molar-refractivity contribution in [2.75, 3.05) is 13.6 Å². The molecule has 5 heteroatoms. The summed E-state index contributed by atoms with van der Waals surface area (Å²) in [6, 6.07) is 0. The van der Waals surface area contributed by atoms with E-state index in [2.05, 4.69) is 5.10 Å². The zero-order chi connectivity index (χ0) is 6.85. The molecule has 1 aliphatic heterocycles. The SMILES string of the molecule is CN1CC(B(O)O)C=N1. The minimum absolute atomic E-state index is 0.213. The van der Waals surface area contributed by atoms with Crippen LogP contribution >= 0.6 is 0 Å². The lowest BCUT2D eigenvalue weighted by Crippen LogP contribution is -2.24. The van der Waals surface area contributed by atoms with Crippen molar-refractivity contribution in [3.63, 3.8) is 0 Å². The van der Waals surface area contributed by atoms with Gasteiger partial charge in [-0.2, -0.15) is 5.10 Å². The van der Waals surface area contributed by atoms with Gasteiger partial charge in [0.1, 0.15) is 0 Å². The van der Waals surface area contributed by atoms with Gasteiger partial charge >= 0.3 is 7.12 Å². The second-order valence-electron chi connectivity index (χ2n) is 2.18. The first-order chi connectivity index (χ1) is 4.20. The lowest BCUT2D eigenvalue weighted by atomic mass is 9.74. The average molecular weight is 128 g/mol. The number of hydrogen-bond acceptors (Lipinski definition) is 4. The molecule has 0 aromatic rings. The largest absolute Gasteiger partial charge is 0.462 e. The van der Waals surface area contributed by atoms with Crippen LogP contribution in [0.5, 0.6) is 0 Å². The van der Waals surface area contributed by atoms with E-state index in [1.807, 2.05) is 0 Å². The molecule has 0 spiro atoms. The molecule has 1 atom stereocenters. The Morgan fingerprint density at radius 2 is 2.44 bits per heavy atom. The van der Waals surface area contributed by atoms with Crippen LogP contribution in [0.25, 0.3) is 0 Å². The Morgan fingerprint density at radius 1 is 1.78 bits per heavy atom. The lowest BCUT2D eigenvalue weighted by Gasteiger charge is -2.07. The van der Waals surface area contributed by atoms with Gasteiger partial charge in [0.05, 0.1) is 5.82 Å². The van der Waals surface area contributed by atoms with Crippen molar-refractivity contribution in [2.24, 2.45) is 5.10 Å². The first-order valence-corrected chi connectivity index (χ1v) is 2.81. The summed E-state index contributed by atoms with van der Waals surface area (Å²) in [5.41, 5.74) is 0. The summed E-state index contributed by atoms with van der Waals surface area (Å²) >= 11 is 0. The molecule has 0 fully saturated rings. The fourth-order valence-electron chi connectivity index (χ4n) is 0.770. The smallest absolute Gasteiger partial charge is 0.427 e. The van der Waals surface area contributed by atoms with E-state index in [0.717, 1.165) is 0 Å². The van der Waals surface area contributed by atoms with Crippen LogP contribution in [0.1, 0.15) is 0 Å². The zero-order valence-corrected chi connectivity index (χ0v) is 5.23. The van der Waals surface area contributed by atoms with Crippen LogP contribution in [-0.4, -0.2) is 42.0 Å². The van der Waals surface area contributed by atoms with Gasteiger partial charge in [0.25, 0.3) is 0 Å². The molecule has 0 amide bonds. The van der Waals surface area contributed by atoms with Gasteiger partial charge in [-0.15, -0.1) is 0 Å². The van der Waals surface area contributed by atoms with Gasteiger partial charge in [0, 0.05) is 19.8 Å². The Morgan fingerprint density at radius 3 is 2.67 bits per heavy atom. The van der Waals surface area contributed by atoms with Crippen LogP contribution in [0, 0.1) is 0 Å². The summed E-state index contributed by atoms with van der Waals surface area (Å²) in [6.45, 7) is 0.595. The van der Waals surface area contributed by atoms with Gasteiger partial charge < -0.3 is 15.1 Å². The standard InChI is InChI=1S/C4H9BN2O2/c1-7-3-4(2-6-7)5(8)9/h2,4,8-9H,3H2,1H3. The van der Waals surface area contributed by atoms with Crippen LogP contribution in [0.15, 0.2) is 5.10 Å². The van der Waals surface area contributed by atoms with Crippen LogP contribution in [-0.2, 0) is 0 Å². The first-order valence-electron chi connectivity index (χ1n) is 2.81. The van der Waals surface area contributed by atoms with E-state index in [4.69, 9.17) is 10.0 Å². The minimum atomic E-state index is -1.27. The Bertz CT molecular complexity index is 128. The Hall–Kier alpha value is -0.545. The minimum Gasteiger partial charge on any atom is -0.427 e. The monoisotopic (exact) mass is 128 g/mol. The molecule has 9 heavy (non-hydrogen) atoms. The van der Waals surface area contributed by atoms with Crippen LogP contribution in [0.3, 0.4) is 0 Å². The van der Waals surface area contributed by atoms with Crippen molar-refractivity contribution in [3.05, 3.63) is 0 Å². The normalized spacial score (nSPS) is 25.2. The number of nitrogens with zero attached hydrogens (tertiary/aromatic N) is 2. The highest BCUT2D eigenvalue weighted by Crippen LogP contribution is 2.11. The van der Waals surface area contributed by atoms with E-state index < -0.39 is 7.12 Å². The van der Waals surface area contributed by atoms with E-state index in [0.29, 0.717) is 6.54 Å². The summed E-state index contributed by atoms with van der Waals surface area (Å²) in [7, 11) is 0.525. The maximum atomic E-state index is 8.61. The van der Waals surface area contributed by atoms with Crippen molar-refractivity contribution in [2.45, 2.75) is 5.82 Å². The molecule has 0 aromatic carbocycles. The molecule has 50 valence electrons. The lowest BCUT2D eigenvalue weighted by molar-refractivity contribution is 0.356. The summed E-state index contributed by atoms with van der Waals surface area (Å²) < 4.78 is 0. The highest BCUT2D eigenvalue weighted by Gasteiger charge is 2.26. The van der Waals surface area contributed by atoms with Crippen molar-refractivity contribution in [3.8, 4) is 0 Å². The molecule has 0 bridgehead atoms. The number of hydrogen-bond donors (Lipinski definition) is 2. The predicted molar refractivity (Wildman–Crippen MR) is 35.1 cm³/mol. The molecule has 4 nitrogen and oxygen atoms in total. The molecule has 0 aliphatic carbocycles. The molecule has 0 radical (unpaired) electrons. The highest BCUT2D eigenvalue weighted by molar-refractivity contribution is 6.48. The van der Waals surface area contributed by atoms with E-state index in [-0.39, 0.29) is 5.82 Å². The van der Waals surface area contributed by atoms with E-state index in [9.17, 15) is 0 Å². The van der Waals surface area contributed by atoms with Crippen LogP contribution in [0.2, 0.25) is 5.82 Å². The molecule has 1 rings (SSSR count). The zero-order valence-electron chi connectivity index (χ0n) is 5.23. The quantitative estimate of drug-likeness (QED) is 0.434. The predicted octanol–water partition coefficient (Wildman–Crippen LogP) is -1.24.